The molecule has 0 aliphatic heterocycles. The van der Waals surface area contributed by atoms with E-state index in [1.54, 1.807) is 0 Å². The van der Waals surface area contributed by atoms with Crippen molar-refractivity contribution >= 4 is 38.5 Å². The Labute approximate surface area is 87.7 Å². The molecule has 1 aromatic rings. The Morgan fingerprint density at radius 1 is 1.55 bits per heavy atom. The lowest BCUT2D eigenvalue weighted by Gasteiger charge is -2.01. The summed E-state index contributed by atoms with van der Waals surface area (Å²) in [4.78, 5) is 0. The molecule has 0 aliphatic carbocycles. The summed E-state index contributed by atoms with van der Waals surface area (Å²) in [6, 6.07) is 5.89. The molecule has 0 saturated heterocycles. The number of nitriles is 1. The first kappa shape index (κ1) is 9.01. The molecule has 0 aliphatic rings. The molecule has 0 saturated carbocycles. The molecule has 0 spiro atoms. The van der Waals surface area contributed by atoms with Crippen molar-refractivity contribution in [1.29, 1.82) is 5.26 Å². The van der Waals surface area contributed by atoms with Crippen LogP contribution >= 0.6 is 38.5 Å². The number of benzene rings is 1. The fourth-order valence-corrected chi connectivity index (χ4v) is 1.70. The maximum atomic E-state index is 8.66. The first-order chi connectivity index (χ1) is 5.16. The van der Waals surface area contributed by atoms with Crippen LogP contribution in [0.15, 0.2) is 16.6 Å². The lowest BCUT2D eigenvalue weighted by atomic mass is 10.1. The van der Waals surface area contributed by atoms with Gasteiger partial charge in [-0.25, -0.2) is 0 Å². The Bertz CT molecular complexity index is 328. The highest BCUT2D eigenvalue weighted by molar-refractivity contribution is 14.1. The molecular formula is C8H5BrIN. The zero-order chi connectivity index (χ0) is 8.43. The maximum absolute atomic E-state index is 8.66. The third kappa shape index (κ3) is 1.74. The van der Waals surface area contributed by atoms with Crippen LogP contribution in [-0.2, 0) is 0 Å². The van der Waals surface area contributed by atoms with Gasteiger partial charge < -0.3 is 0 Å². The van der Waals surface area contributed by atoms with Crippen LogP contribution in [0.4, 0.5) is 0 Å². The number of hydrogen-bond acceptors (Lipinski definition) is 1. The van der Waals surface area contributed by atoms with Gasteiger partial charge in [0.05, 0.1) is 11.6 Å². The van der Waals surface area contributed by atoms with Crippen molar-refractivity contribution < 1.29 is 0 Å². The third-order valence-corrected chi connectivity index (χ3v) is 4.12. The van der Waals surface area contributed by atoms with E-state index < -0.39 is 0 Å². The van der Waals surface area contributed by atoms with Gasteiger partial charge >= 0.3 is 0 Å². The van der Waals surface area contributed by atoms with Gasteiger partial charge in [-0.1, -0.05) is 0 Å². The molecule has 3 heteroatoms. The molecule has 0 unspecified atom stereocenters. The summed E-state index contributed by atoms with van der Waals surface area (Å²) in [5.41, 5.74) is 1.75. The summed E-state index contributed by atoms with van der Waals surface area (Å²) in [7, 11) is 0. The molecule has 1 nitrogen and oxygen atoms in total. The van der Waals surface area contributed by atoms with Crippen molar-refractivity contribution in [2.45, 2.75) is 6.92 Å². The van der Waals surface area contributed by atoms with Gasteiger partial charge in [0.15, 0.2) is 0 Å². The lowest BCUT2D eigenvalue weighted by molar-refractivity contribution is 1.35. The quantitative estimate of drug-likeness (QED) is 0.673. The van der Waals surface area contributed by atoms with Crippen LogP contribution in [0, 0.1) is 21.8 Å². The molecule has 11 heavy (non-hydrogen) atoms. The highest BCUT2D eigenvalue weighted by Gasteiger charge is 2.03. The molecule has 0 N–H and O–H groups in total. The summed E-state index contributed by atoms with van der Waals surface area (Å²) in [5, 5.41) is 8.66. The van der Waals surface area contributed by atoms with Gasteiger partial charge in [0, 0.05) is 8.04 Å². The minimum atomic E-state index is 0.734. The minimum absolute atomic E-state index is 0.734. The molecule has 0 aromatic heterocycles. The second-order valence-electron chi connectivity index (χ2n) is 2.15. The second-order valence-corrected chi connectivity index (χ2v) is 4.10. The first-order valence-corrected chi connectivity index (χ1v) is 4.88. The summed E-state index contributed by atoms with van der Waals surface area (Å²) in [5.74, 6) is 0. The van der Waals surface area contributed by atoms with Crippen molar-refractivity contribution in [3.8, 4) is 6.07 Å². The lowest BCUT2D eigenvalue weighted by Crippen LogP contribution is -1.85. The maximum Gasteiger partial charge on any atom is 0.0994 e. The largest absolute Gasteiger partial charge is 0.192 e. The highest BCUT2D eigenvalue weighted by atomic mass is 127. The van der Waals surface area contributed by atoms with Crippen molar-refractivity contribution in [2.24, 2.45) is 0 Å². The van der Waals surface area contributed by atoms with Crippen LogP contribution in [-0.4, -0.2) is 0 Å². The zero-order valence-electron chi connectivity index (χ0n) is 5.86. The predicted octanol–water partition coefficient (Wildman–Crippen LogP) is 3.23. The van der Waals surface area contributed by atoms with Crippen LogP contribution in [0.3, 0.4) is 0 Å². The van der Waals surface area contributed by atoms with E-state index in [9.17, 15) is 0 Å². The highest BCUT2D eigenvalue weighted by Crippen LogP contribution is 2.25. The van der Waals surface area contributed by atoms with E-state index in [0.29, 0.717) is 0 Å². The fraction of sp³-hybridized carbons (Fsp3) is 0.125. The van der Waals surface area contributed by atoms with Crippen molar-refractivity contribution in [2.75, 3.05) is 0 Å². The van der Waals surface area contributed by atoms with Gasteiger partial charge in [-0.15, -0.1) is 0 Å². The third-order valence-electron chi connectivity index (χ3n) is 1.46. The van der Waals surface area contributed by atoms with E-state index in [2.05, 4.69) is 44.6 Å². The van der Waals surface area contributed by atoms with E-state index in [-0.39, 0.29) is 0 Å². The summed E-state index contributed by atoms with van der Waals surface area (Å²) < 4.78 is 2.16. The first-order valence-electron chi connectivity index (χ1n) is 3.01. The molecule has 0 atom stereocenters. The fourth-order valence-electron chi connectivity index (χ4n) is 0.773. The number of halogens is 2. The van der Waals surface area contributed by atoms with Gasteiger partial charge in [0.2, 0.25) is 0 Å². The molecule has 1 aromatic carbocycles. The minimum Gasteiger partial charge on any atom is -0.192 e. The normalized spacial score (nSPS) is 9.27. The van der Waals surface area contributed by atoms with Crippen molar-refractivity contribution in [3.63, 3.8) is 0 Å². The Morgan fingerprint density at radius 2 is 2.18 bits per heavy atom. The monoisotopic (exact) mass is 321 g/mol. The number of hydrogen-bond donors (Lipinski definition) is 0. The average molecular weight is 322 g/mol. The Balaban J connectivity index is 3.40. The Kier molecular flexibility index (Phi) is 2.90. The van der Waals surface area contributed by atoms with Crippen LogP contribution in [0.5, 0.6) is 0 Å². The Hall–Kier alpha value is -0.0800. The average Bonchev–Trinajstić information content (AvgIpc) is 2.01. The Morgan fingerprint density at radius 3 is 2.73 bits per heavy atom. The van der Waals surface area contributed by atoms with Crippen LogP contribution in [0.2, 0.25) is 0 Å². The number of rotatable bonds is 0. The zero-order valence-corrected chi connectivity index (χ0v) is 9.60. The molecule has 1 rings (SSSR count). The molecule has 0 amide bonds. The molecular weight excluding hydrogens is 317 g/mol. The van der Waals surface area contributed by atoms with E-state index in [1.807, 2.05) is 19.1 Å². The van der Waals surface area contributed by atoms with Crippen LogP contribution in [0.1, 0.15) is 11.1 Å². The van der Waals surface area contributed by atoms with Crippen molar-refractivity contribution in [3.05, 3.63) is 31.3 Å². The van der Waals surface area contributed by atoms with Crippen molar-refractivity contribution in [1.82, 2.24) is 0 Å². The molecule has 56 valence electrons. The van der Waals surface area contributed by atoms with Gasteiger partial charge in [-0.05, 0) is 63.1 Å². The standard InChI is InChI=1S/C8H5BrIN/c1-5-6(4-11)2-3-7(10)8(5)9/h2-3H,1H3. The van der Waals surface area contributed by atoms with Gasteiger partial charge in [0.25, 0.3) is 0 Å². The van der Waals surface area contributed by atoms with Gasteiger partial charge in [0.1, 0.15) is 0 Å². The summed E-state index contributed by atoms with van der Waals surface area (Å²) in [6.07, 6.45) is 0. The SMILES string of the molecule is Cc1c(C#N)ccc(I)c1Br. The number of nitrogens with zero attached hydrogens (tertiary/aromatic N) is 1. The van der Waals surface area contributed by atoms with Gasteiger partial charge in [-0.3, -0.25) is 0 Å². The van der Waals surface area contributed by atoms with E-state index in [0.717, 1.165) is 19.2 Å². The van der Waals surface area contributed by atoms with E-state index >= 15 is 0 Å². The second kappa shape index (κ2) is 3.55. The molecule has 0 radical (unpaired) electrons. The smallest absolute Gasteiger partial charge is 0.0994 e. The molecule has 0 heterocycles. The van der Waals surface area contributed by atoms with Crippen LogP contribution < -0.4 is 0 Å². The van der Waals surface area contributed by atoms with E-state index in [4.69, 9.17) is 5.26 Å². The van der Waals surface area contributed by atoms with Crippen LogP contribution in [0.25, 0.3) is 0 Å². The predicted molar refractivity (Wildman–Crippen MR) is 56.3 cm³/mol. The topological polar surface area (TPSA) is 23.8 Å². The van der Waals surface area contributed by atoms with E-state index in [1.165, 1.54) is 0 Å². The summed E-state index contributed by atoms with van der Waals surface area (Å²) >= 11 is 5.64. The molecule has 0 fully saturated rings. The van der Waals surface area contributed by atoms with Gasteiger partial charge in [-0.2, -0.15) is 5.26 Å². The molecule has 0 bridgehead atoms. The summed E-state index contributed by atoms with van der Waals surface area (Å²) in [6.45, 7) is 1.94.